The van der Waals surface area contributed by atoms with Crippen LogP contribution in [0.3, 0.4) is 0 Å². The summed E-state index contributed by atoms with van der Waals surface area (Å²) in [5, 5.41) is 0. The Morgan fingerprint density at radius 2 is 0.781 bits per heavy atom. The molecule has 0 aromatic rings. The molecule has 1 atom stereocenters. The lowest BCUT2D eigenvalue weighted by molar-refractivity contribution is -0.461. The largest absolute Gasteiger partial charge is 0.460 e. The SMILES string of the molecule is C1CO1.FC(F)(F)C(F)(F)C(F)(F)C(F)(F)C(F)(F)C(F)(F)C(F)(F)C(F)(F)CC1CO1. The molecule has 0 N–H and O–H groups in total. The number of alkyl halides is 17. The van der Waals surface area contributed by atoms with Gasteiger partial charge in [-0.3, -0.25) is 0 Å². The van der Waals surface area contributed by atoms with Gasteiger partial charge in [0.25, 0.3) is 0 Å². The normalized spacial score (nSPS) is 21.1. The zero-order valence-electron chi connectivity index (χ0n) is 14.6. The lowest BCUT2D eigenvalue weighted by Gasteiger charge is -2.42. The zero-order chi connectivity index (χ0) is 25.8. The lowest BCUT2D eigenvalue weighted by atomic mass is 9.88. The molecule has 0 aromatic carbocycles. The van der Waals surface area contributed by atoms with E-state index in [2.05, 4.69) is 9.47 Å². The van der Waals surface area contributed by atoms with Crippen molar-refractivity contribution in [1.29, 1.82) is 0 Å². The van der Waals surface area contributed by atoms with Gasteiger partial charge in [-0.2, -0.15) is 74.6 Å². The van der Waals surface area contributed by atoms with Gasteiger partial charge >= 0.3 is 47.6 Å². The first-order chi connectivity index (χ1) is 13.8. The minimum absolute atomic E-state index is 0.792. The van der Waals surface area contributed by atoms with Gasteiger partial charge in [-0.1, -0.05) is 0 Å². The van der Waals surface area contributed by atoms with Crippen LogP contribution >= 0.6 is 0 Å². The summed E-state index contributed by atoms with van der Waals surface area (Å²) in [5.41, 5.74) is 0. The van der Waals surface area contributed by atoms with Gasteiger partial charge in [0.15, 0.2) is 0 Å². The fraction of sp³-hybridized carbons (Fsp3) is 1.00. The smallest absolute Gasteiger partial charge is 0.377 e. The minimum Gasteiger partial charge on any atom is -0.377 e. The summed E-state index contributed by atoms with van der Waals surface area (Å²) in [5.74, 6) is -55.9. The molecule has 0 aromatic heterocycles. The average molecular weight is 520 g/mol. The van der Waals surface area contributed by atoms with E-state index >= 15 is 0 Å². The molecule has 0 amide bonds. The van der Waals surface area contributed by atoms with E-state index in [0.29, 0.717) is 0 Å². The van der Waals surface area contributed by atoms with Crippen molar-refractivity contribution in [3.8, 4) is 0 Å². The Hall–Kier alpha value is -1.27. The molecule has 19 heteroatoms. The fourth-order valence-electron chi connectivity index (χ4n) is 1.80. The Kier molecular flexibility index (Phi) is 7.10. The summed E-state index contributed by atoms with van der Waals surface area (Å²) < 4.78 is 227. The monoisotopic (exact) mass is 520 g/mol. The van der Waals surface area contributed by atoms with Crippen molar-refractivity contribution < 1.29 is 84.1 Å². The molecule has 2 saturated heterocycles. The first kappa shape index (κ1) is 28.8. The summed E-state index contributed by atoms with van der Waals surface area (Å²) in [6.45, 7) is 1.21. The minimum atomic E-state index is -8.59. The maximum absolute atomic E-state index is 13.3. The van der Waals surface area contributed by atoms with Crippen molar-refractivity contribution in [3.63, 3.8) is 0 Å². The van der Waals surface area contributed by atoms with Crippen molar-refractivity contribution in [2.75, 3.05) is 19.8 Å². The summed E-state index contributed by atoms with van der Waals surface area (Å²) in [6, 6.07) is 0. The highest BCUT2D eigenvalue weighted by Crippen LogP contribution is 2.64. The number of hydrogen-bond donors (Lipinski definition) is 0. The average Bonchev–Trinajstić information content (AvgIpc) is 3.45. The second kappa shape index (κ2) is 7.90. The zero-order valence-corrected chi connectivity index (χ0v) is 14.6. The number of hydrogen-bond acceptors (Lipinski definition) is 2. The predicted molar refractivity (Wildman–Crippen MR) is 65.9 cm³/mol. The number of rotatable bonds is 8. The van der Waals surface area contributed by atoms with Crippen LogP contribution in [0.2, 0.25) is 0 Å². The topological polar surface area (TPSA) is 25.1 Å². The molecule has 2 aliphatic rings. The predicted octanol–water partition coefficient (Wildman–Crippen LogP) is 5.80. The van der Waals surface area contributed by atoms with Crippen LogP contribution in [-0.4, -0.2) is 73.6 Å². The van der Waals surface area contributed by atoms with E-state index < -0.39 is 66.8 Å². The second-order valence-electron chi connectivity index (χ2n) is 6.42. The first-order valence-corrected chi connectivity index (χ1v) is 7.73. The third-order valence-corrected chi connectivity index (χ3v) is 3.88. The van der Waals surface area contributed by atoms with E-state index in [-0.39, 0.29) is 0 Å². The molecule has 2 fully saturated rings. The maximum Gasteiger partial charge on any atom is 0.460 e. The molecule has 32 heavy (non-hydrogen) atoms. The molecule has 0 radical (unpaired) electrons. The highest BCUT2D eigenvalue weighted by Gasteiger charge is 2.95. The first-order valence-electron chi connectivity index (χ1n) is 7.73. The van der Waals surface area contributed by atoms with E-state index in [4.69, 9.17) is 0 Å². The van der Waals surface area contributed by atoms with Crippen LogP contribution in [0.1, 0.15) is 6.42 Å². The Balaban J connectivity index is 0.00000156. The van der Waals surface area contributed by atoms with Gasteiger partial charge in [0.1, 0.15) is 0 Å². The molecule has 0 aliphatic carbocycles. The molecular formula is C13H9F17O2. The Morgan fingerprint density at radius 1 is 0.500 bits per heavy atom. The number of halogens is 17. The lowest BCUT2D eigenvalue weighted by Crippen LogP contribution is -2.74. The van der Waals surface area contributed by atoms with Gasteiger partial charge < -0.3 is 9.47 Å². The van der Waals surface area contributed by atoms with Crippen LogP contribution in [0.15, 0.2) is 0 Å². The molecular weight excluding hydrogens is 511 g/mol. The third kappa shape index (κ3) is 4.42. The Bertz CT molecular complexity index is 659. The van der Waals surface area contributed by atoms with Gasteiger partial charge in [0.2, 0.25) is 0 Å². The fourth-order valence-corrected chi connectivity index (χ4v) is 1.80. The van der Waals surface area contributed by atoms with Crippen molar-refractivity contribution in [2.24, 2.45) is 0 Å². The van der Waals surface area contributed by atoms with Crippen molar-refractivity contribution in [2.45, 2.75) is 60.2 Å². The summed E-state index contributed by atoms with van der Waals surface area (Å²) in [4.78, 5) is 0. The van der Waals surface area contributed by atoms with E-state index in [0.717, 1.165) is 13.2 Å². The molecule has 2 heterocycles. The van der Waals surface area contributed by atoms with Crippen molar-refractivity contribution in [1.82, 2.24) is 0 Å². The van der Waals surface area contributed by atoms with E-state index in [1.165, 1.54) is 0 Å². The third-order valence-electron chi connectivity index (χ3n) is 3.88. The molecule has 192 valence electrons. The van der Waals surface area contributed by atoms with Gasteiger partial charge in [0, 0.05) is 6.42 Å². The van der Waals surface area contributed by atoms with E-state index in [1.807, 2.05) is 0 Å². The molecule has 1 unspecified atom stereocenters. The summed E-state index contributed by atoms with van der Waals surface area (Å²) in [7, 11) is 0. The van der Waals surface area contributed by atoms with Crippen LogP contribution in [0.25, 0.3) is 0 Å². The van der Waals surface area contributed by atoms with Crippen molar-refractivity contribution >= 4 is 0 Å². The quantitative estimate of drug-likeness (QED) is 0.299. The van der Waals surface area contributed by atoms with Crippen LogP contribution in [-0.2, 0) is 9.47 Å². The number of epoxide rings is 2. The van der Waals surface area contributed by atoms with Gasteiger partial charge in [-0.05, 0) is 0 Å². The van der Waals surface area contributed by atoms with E-state index in [1.54, 1.807) is 0 Å². The van der Waals surface area contributed by atoms with Crippen molar-refractivity contribution in [3.05, 3.63) is 0 Å². The van der Waals surface area contributed by atoms with Gasteiger partial charge in [0.05, 0.1) is 25.9 Å². The van der Waals surface area contributed by atoms with Crippen LogP contribution < -0.4 is 0 Å². The Labute approximate surface area is 165 Å². The second-order valence-corrected chi connectivity index (χ2v) is 6.42. The molecule has 2 rings (SSSR count). The summed E-state index contributed by atoms with van der Waals surface area (Å²) >= 11 is 0. The number of ether oxygens (including phenoxy) is 2. The van der Waals surface area contributed by atoms with Crippen LogP contribution in [0, 0.1) is 0 Å². The van der Waals surface area contributed by atoms with Crippen LogP contribution in [0.5, 0.6) is 0 Å². The summed E-state index contributed by atoms with van der Waals surface area (Å²) in [6.07, 6.45) is -12.2. The maximum atomic E-state index is 13.3. The Morgan fingerprint density at radius 3 is 1.03 bits per heavy atom. The van der Waals surface area contributed by atoms with Gasteiger partial charge in [-0.15, -0.1) is 0 Å². The molecule has 0 saturated carbocycles. The molecule has 0 spiro atoms. The highest BCUT2D eigenvalue weighted by molar-refractivity contribution is 5.15. The van der Waals surface area contributed by atoms with E-state index in [9.17, 15) is 74.6 Å². The standard InChI is InChI=1S/C11H5F17O.C2H4O/c12-4(13,1-3-2-29-3)5(14,15)6(16,17)7(18,19)8(20,21)9(22,23)10(24,25)11(26,27)28;1-2-3-1/h3H,1-2H2;1-2H2. The molecule has 0 bridgehead atoms. The molecule has 2 aliphatic heterocycles. The van der Waals surface area contributed by atoms with Crippen LogP contribution in [0.4, 0.5) is 74.6 Å². The van der Waals surface area contributed by atoms with Gasteiger partial charge in [-0.25, -0.2) is 0 Å². The highest BCUT2D eigenvalue weighted by atomic mass is 19.4. The molecule has 2 nitrogen and oxygen atoms in total.